The summed E-state index contributed by atoms with van der Waals surface area (Å²) in [6.45, 7) is -0.138. The monoisotopic (exact) mass is 779 g/mol. The number of hydrogen-bond donors (Lipinski definition) is 10. The van der Waals surface area contributed by atoms with Gasteiger partial charge in [0, 0.05) is 24.8 Å². The number of carbonyl (C=O) groups is 1. The summed E-state index contributed by atoms with van der Waals surface area (Å²) in [5.74, 6) is 0.00545. The highest BCUT2D eigenvalue weighted by Crippen LogP contribution is 2.41. The number of nitrogens with zero attached hydrogens (tertiary/aromatic N) is 6. The Morgan fingerprint density at radius 1 is 1.04 bits per heavy atom. The number of imidazole rings is 2. The first-order chi connectivity index (χ1) is 26.3. The van der Waals surface area contributed by atoms with Crippen LogP contribution in [0.1, 0.15) is 36.2 Å². The highest BCUT2D eigenvalue weighted by molar-refractivity contribution is 7.89. The molecule has 2 aliphatic rings. The number of urea groups is 1. The van der Waals surface area contributed by atoms with Crippen LogP contribution in [0, 0.1) is 0 Å². The molecule has 55 heavy (non-hydrogen) atoms. The molecule has 3 aromatic heterocycles. The van der Waals surface area contributed by atoms with E-state index in [4.69, 9.17) is 15.1 Å². The summed E-state index contributed by atoms with van der Waals surface area (Å²) in [5.41, 5.74) is 1.03. The fourth-order valence-corrected chi connectivity index (χ4v) is 7.72. The van der Waals surface area contributed by atoms with Crippen molar-refractivity contribution in [1.29, 1.82) is 0 Å². The van der Waals surface area contributed by atoms with Gasteiger partial charge in [-0.1, -0.05) is 30.3 Å². The molecule has 11 N–H and O–H groups in total. The van der Waals surface area contributed by atoms with Gasteiger partial charge in [-0.05, 0) is 49.1 Å². The molecular formula is C34H41N11O9S. The molecule has 0 spiro atoms. The molecule has 2 fully saturated rings. The van der Waals surface area contributed by atoms with E-state index in [-0.39, 0.29) is 41.3 Å². The number of benzene rings is 2. The molecule has 1 aliphatic carbocycles. The Balaban J connectivity index is 1.16. The zero-order chi connectivity index (χ0) is 39.0. The predicted molar refractivity (Wildman–Crippen MR) is 198 cm³/mol. The molecule has 0 radical (unpaired) electrons. The number of hydrogen-bond acceptors (Lipinski definition) is 14. The number of rotatable bonds is 12. The number of primary sulfonamides is 1. The van der Waals surface area contributed by atoms with Crippen LogP contribution >= 0.6 is 0 Å². The van der Waals surface area contributed by atoms with E-state index in [1.165, 1.54) is 30.6 Å². The largest absolute Gasteiger partial charge is 0.493 e. The molecule has 5 aromatic rings. The van der Waals surface area contributed by atoms with Crippen molar-refractivity contribution < 1.29 is 38.7 Å². The Hall–Kier alpha value is -5.58. The minimum absolute atomic E-state index is 0.0189. The zero-order valence-corrected chi connectivity index (χ0v) is 30.0. The van der Waals surface area contributed by atoms with Crippen molar-refractivity contribution in [1.82, 2.24) is 34.4 Å². The molecule has 20 nitrogen and oxygen atoms in total. The first-order valence-electron chi connectivity index (χ1n) is 17.4. The number of aromatic amines is 1. The van der Waals surface area contributed by atoms with Gasteiger partial charge in [-0.25, -0.2) is 28.1 Å². The molecule has 2 amide bonds. The highest BCUT2D eigenvalue weighted by atomic mass is 32.2. The zero-order valence-electron chi connectivity index (χ0n) is 29.2. The number of H-pyrrole nitrogens is 1. The van der Waals surface area contributed by atoms with Gasteiger partial charge in [0.05, 0.1) is 42.6 Å². The van der Waals surface area contributed by atoms with E-state index in [9.17, 15) is 43.5 Å². The van der Waals surface area contributed by atoms with Crippen LogP contribution in [0.25, 0.3) is 11.2 Å². The smallest absolute Gasteiger partial charge is 0.329 e. The number of fused-ring (bicyclic) bond motifs is 1. The molecule has 0 unspecified atom stereocenters. The van der Waals surface area contributed by atoms with Crippen molar-refractivity contribution in [3.8, 4) is 5.88 Å². The number of nitrogens with one attached hydrogen (secondary N) is 4. The normalized spacial score (nSPS) is 21.9. The Morgan fingerprint density at radius 3 is 2.44 bits per heavy atom. The summed E-state index contributed by atoms with van der Waals surface area (Å²) in [7, 11) is -3.89. The molecule has 1 saturated heterocycles. The van der Waals surface area contributed by atoms with Gasteiger partial charge in [0.15, 0.2) is 17.0 Å². The van der Waals surface area contributed by atoms with Gasteiger partial charge in [-0.3, -0.25) is 4.57 Å². The number of aliphatic hydroxyl groups excluding tert-OH is 4. The maximum atomic E-state index is 12.9. The van der Waals surface area contributed by atoms with Crippen molar-refractivity contribution in [3.05, 3.63) is 82.7 Å². The third-order valence-corrected chi connectivity index (χ3v) is 10.9. The average Bonchev–Trinajstić information content (AvgIpc) is 3.93. The first kappa shape index (κ1) is 37.7. The number of amides is 2. The summed E-state index contributed by atoms with van der Waals surface area (Å²) < 4.78 is 25.6. The van der Waals surface area contributed by atoms with E-state index in [1.807, 2.05) is 35.2 Å². The topological polar surface area (TPSA) is 299 Å². The Kier molecular flexibility index (Phi) is 10.5. The van der Waals surface area contributed by atoms with Crippen LogP contribution in [0.5, 0.6) is 5.88 Å². The number of aliphatic hydroxyl groups is 4. The number of aromatic nitrogens is 6. The number of carbonyl (C=O) groups excluding carboxylic acids is 1. The van der Waals surface area contributed by atoms with Gasteiger partial charge in [-0.15, -0.1) is 0 Å². The van der Waals surface area contributed by atoms with Gasteiger partial charge < -0.3 is 55.9 Å². The predicted octanol–water partition coefficient (Wildman–Crippen LogP) is -0.515. The van der Waals surface area contributed by atoms with Crippen molar-refractivity contribution in [2.24, 2.45) is 5.14 Å². The van der Waals surface area contributed by atoms with Gasteiger partial charge in [0.2, 0.25) is 21.9 Å². The lowest BCUT2D eigenvalue weighted by Gasteiger charge is -2.22. The van der Waals surface area contributed by atoms with Gasteiger partial charge in [0.25, 0.3) is 0 Å². The minimum Gasteiger partial charge on any atom is -0.493 e. The number of aromatic hydroxyl groups is 1. The van der Waals surface area contributed by atoms with E-state index < -0.39 is 64.6 Å². The van der Waals surface area contributed by atoms with Crippen molar-refractivity contribution >= 4 is 44.7 Å². The number of sulfonamides is 1. The molecular weight excluding hydrogens is 739 g/mol. The van der Waals surface area contributed by atoms with E-state index >= 15 is 0 Å². The van der Waals surface area contributed by atoms with Crippen LogP contribution in [0.15, 0.2) is 70.6 Å². The van der Waals surface area contributed by atoms with Crippen LogP contribution in [0.4, 0.5) is 22.2 Å². The van der Waals surface area contributed by atoms with E-state index in [1.54, 1.807) is 4.57 Å². The molecule has 1 saturated carbocycles. The number of nitrogens with two attached hydrogens (primary N) is 1. The Labute approximate surface area is 313 Å². The molecule has 4 heterocycles. The molecule has 292 valence electrons. The quantitative estimate of drug-likeness (QED) is 0.0763. The fourth-order valence-electron chi connectivity index (χ4n) is 7.21. The Bertz CT molecular complexity index is 2330. The maximum absolute atomic E-state index is 12.9. The van der Waals surface area contributed by atoms with Crippen LogP contribution in [-0.2, 0) is 23.1 Å². The minimum atomic E-state index is -3.89. The second-order valence-corrected chi connectivity index (χ2v) is 15.2. The summed E-state index contributed by atoms with van der Waals surface area (Å²) in [6, 6.07) is 11.7. The maximum Gasteiger partial charge on any atom is 0.329 e. The first-order valence-corrected chi connectivity index (χ1v) is 19.0. The second-order valence-electron chi connectivity index (χ2n) is 13.6. The van der Waals surface area contributed by atoms with E-state index in [0.29, 0.717) is 43.0 Å². The summed E-state index contributed by atoms with van der Waals surface area (Å²) >= 11 is 0. The molecule has 21 heteroatoms. The fraction of sp³-hybridized carbons (Fsp3) is 0.382. The number of anilines is 3. The SMILES string of the molecule is NS(=O)(=O)c1ccc(NC(=O)N[C@@H]2CCN(c3nc(N[C@H](CO)Cc4ccccc4)c4ncn([C@@H]5C[C@H](n6c(O)c(CO)[nH]c6=O)[C@@H](O)[C@H]5O)c4n3)C2)cc1. The van der Waals surface area contributed by atoms with Gasteiger partial charge >= 0.3 is 11.7 Å². The third-order valence-electron chi connectivity index (χ3n) is 9.99. The average molecular weight is 780 g/mol. The standard InChI is InChI=1S/C34H41N11O9S/c35-55(53,54)22-8-6-19(7-9-22)38-33(51)39-20-10-11-43(14-20)32-41-29(37-21(15-46)12-18-4-2-1-3-5-18)26-30(42-32)44(17-36-26)24-13-25(28(49)27(24)48)45-31(50)23(16-47)40-34(45)52/h1-9,17,20-21,24-25,27-28,46-50H,10-16H2,(H,40,52)(H2,35,53,54)(H,37,41,42)(H2,38,39,51)/t20-,21+,24-,25+,27+,28-/m1/s1. The second kappa shape index (κ2) is 15.3. The van der Waals surface area contributed by atoms with Crippen molar-refractivity contribution in [3.63, 3.8) is 0 Å². The summed E-state index contributed by atoms with van der Waals surface area (Å²) in [5, 5.41) is 67.0. The third kappa shape index (κ3) is 7.70. The molecule has 1 aliphatic heterocycles. The van der Waals surface area contributed by atoms with Crippen LogP contribution < -0.4 is 31.7 Å². The lowest BCUT2D eigenvalue weighted by molar-refractivity contribution is 0.00758. The van der Waals surface area contributed by atoms with Crippen LogP contribution in [-0.4, -0.2) is 113 Å². The summed E-state index contributed by atoms with van der Waals surface area (Å²) in [4.78, 5) is 43.9. The van der Waals surface area contributed by atoms with Gasteiger partial charge in [0.1, 0.15) is 17.9 Å². The van der Waals surface area contributed by atoms with Gasteiger partial charge in [-0.2, -0.15) is 9.97 Å². The summed E-state index contributed by atoms with van der Waals surface area (Å²) in [6.07, 6.45) is -0.512. The lowest BCUT2D eigenvalue weighted by Crippen LogP contribution is -2.40. The van der Waals surface area contributed by atoms with Crippen LogP contribution in [0.3, 0.4) is 0 Å². The van der Waals surface area contributed by atoms with Crippen molar-refractivity contribution in [2.75, 3.05) is 35.2 Å². The Morgan fingerprint density at radius 2 is 1.76 bits per heavy atom. The highest BCUT2D eigenvalue weighted by Gasteiger charge is 2.46. The molecule has 6 atom stereocenters. The molecule has 2 aromatic carbocycles. The van der Waals surface area contributed by atoms with E-state index in [0.717, 1.165) is 10.1 Å². The molecule has 7 rings (SSSR count). The lowest BCUT2D eigenvalue weighted by atomic mass is 10.1. The van der Waals surface area contributed by atoms with E-state index in [2.05, 4.69) is 25.9 Å². The van der Waals surface area contributed by atoms with Crippen molar-refractivity contribution in [2.45, 2.75) is 67.1 Å². The molecule has 0 bridgehead atoms. The van der Waals surface area contributed by atoms with Crippen LogP contribution in [0.2, 0.25) is 0 Å².